The molecule has 0 nitrogen and oxygen atoms in total. The van der Waals surface area contributed by atoms with Gasteiger partial charge in [-0.15, -0.1) is 0 Å². The maximum atomic E-state index is 2.49. The summed E-state index contributed by atoms with van der Waals surface area (Å²) in [7, 11) is 0. The van der Waals surface area contributed by atoms with Crippen LogP contribution in [0.3, 0.4) is 0 Å². The Kier molecular flexibility index (Phi) is 6.74. The monoisotopic (exact) mass is 252 g/mol. The molecular formula is C18H36. The molecule has 1 saturated carbocycles. The molecule has 0 spiro atoms. The Morgan fingerprint density at radius 3 is 2.00 bits per heavy atom. The summed E-state index contributed by atoms with van der Waals surface area (Å²) < 4.78 is 0. The Labute approximate surface area is 116 Å². The first-order chi connectivity index (χ1) is 8.54. The summed E-state index contributed by atoms with van der Waals surface area (Å²) in [6.07, 6.45) is 8.57. The van der Waals surface area contributed by atoms with Crippen molar-refractivity contribution in [1.29, 1.82) is 0 Å². The summed E-state index contributed by atoms with van der Waals surface area (Å²) in [6, 6.07) is 0. The Morgan fingerprint density at radius 2 is 1.50 bits per heavy atom. The lowest BCUT2D eigenvalue weighted by Crippen LogP contribution is -2.17. The lowest BCUT2D eigenvalue weighted by molar-refractivity contribution is 0.245. The zero-order chi connectivity index (χ0) is 13.7. The van der Waals surface area contributed by atoms with E-state index >= 15 is 0 Å². The summed E-state index contributed by atoms with van der Waals surface area (Å²) >= 11 is 0. The summed E-state index contributed by atoms with van der Waals surface area (Å²) in [5, 5.41) is 0. The smallest absolute Gasteiger partial charge is 0.0349 e. The molecule has 6 unspecified atom stereocenters. The SMILES string of the molecule is CCC(C)CCC(C(C)CC)C1CC1C(C)CC. The van der Waals surface area contributed by atoms with Crippen LogP contribution in [-0.2, 0) is 0 Å². The fraction of sp³-hybridized carbons (Fsp3) is 1.00. The van der Waals surface area contributed by atoms with E-state index in [0.29, 0.717) is 0 Å². The molecule has 0 N–H and O–H groups in total. The van der Waals surface area contributed by atoms with Crippen LogP contribution < -0.4 is 0 Å². The second-order valence-corrected chi connectivity index (χ2v) is 7.09. The van der Waals surface area contributed by atoms with Crippen molar-refractivity contribution in [3.05, 3.63) is 0 Å². The van der Waals surface area contributed by atoms with E-state index in [1.54, 1.807) is 0 Å². The molecule has 0 aromatic heterocycles. The molecule has 1 rings (SSSR count). The lowest BCUT2D eigenvalue weighted by atomic mass is 9.80. The molecule has 0 aliphatic heterocycles. The third-order valence-electron chi connectivity index (χ3n) is 5.88. The van der Waals surface area contributed by atoms with Crippen LogP contribution in [0.25, 0.3) is 0 Å². The van der Waals surface area contributed by atoms with Gasteiger partial charge in [0.2, 0.25) is 0 Å². The van der Waals surface area contributed by atoms with E-state index in [9.17, 15) is 0 Å². The average molecular weight is 252 g/mol. The Balaban J connectivity index is 2.48. The maximum absolute atomic E-state index is 2.49. The molecule has 0 heterocycles. The largest absolute Gasteiger partial charge is 0.0651 e. The van der Waals surface area contributed by atoms with Gasteiger partial charge in [0.25, 0.3) is 0 Å². The van der Waals surface area contributed by atoms with Gasteiger partial charge in [0.1, 0.15) is 0 Å². The number of hydrogen-bond acceptors (Lipinski definition) is 0. The first kappa shape index (κ1) is 16.1. The summed E-state index contributed by atoms with van der Waals surface area (Å²) in [5.41, 5.74) is 0. The molecule has 0 radical (unpaired) electrons. The summed E-state index contributed by atoms with van der Waals surface area (Å²) in [6.45, 7) is 14.5. The molecule has 0 aromatic carbocycles. The van der Waals surface area contributed by atoms with Crippen LogP contribution in [0.15, 0.2) is 0 Å². The first-order valence-electron chi connectivity index (χ1n) is 8.54. The average Bonchev–Trinajstić information content (AvgIpc) is 3.17. The van der Waals surface area contributed by atoms with E-state index in [4.69, 9.17) is 0 Å². The minimum atomic E-state index is 0.928. The van der Waals surface area contributed by atoms with Crippen LogP contribution in [0, 0.1) is 35.5 Å². The highest BCUT2D eigenvalue weighted by atomic mass is 14.5. The first-order valence-corrected chi connectivity index (χ1v) is 8.54. The van der Waals surface area contributed by atoms with Crippen molar-refractivity contribution in [2.24, 2.45) is 35.5 Å². The zero-order valence-electron chi connectivity index (χ0n) is 13.7. The van der Waals surface area contributed by atoms with Gasteiger partial charge in [0, 0.05) is 0 Å². The van der Waals surface area contributed by atoms with E-state index in [1.165, 1.54) is 38.5 Å². The summed E-state index contributed by atoms with van der Waals surface area (Å²) in [5.74, 6) is 5.98. The van der Waals surface area contributed by atoms with Crippen molar-refractivity contribution < 1.29 is 0 Å². The van der Waals surface area contributed by atoms with E-state index in [2.05, 4.69) is 41.5 Å². The molecule has 6 atom stereocenters. The van der Waals surface area contributed by atoms with E-state index in [1.807, 2.05) is 0 Å². The van der Waals surface area contributed by atoms with Crippen LogP contribution in [0.5, 0.6) is 0 Å². The van der Waals surface area contributed by atoms with Gasteiger partial charge in [-0.2, -0.15) is 0 Å². The van der Waals surface area contributed by atoms with Crippen molar-refractivity contribution in [1.82, 2.24) is 0 Å². The van der Waals surface area contributed by atoms with Gasteiger partial charge in [0.05, 0.1) is 0 Å². The normalized spacial score (nSPS) is 29.7. The van der Waals surface area contributed by atoms with E-state index in [-0.39, 0.29) is 0 Å². The van der Waals surface area contributed by atoms with Crippen LogP contribution >= 0.6 is 0 Å². The molecule has 0 amide bonds. The molecule has 0 bridgehead atoms. The van der Waals surface area contributed by atoms with Crippen molar-refractivity contribution in [3.63, 3.8) is 0 Å². The van der Waals surface area contributed by atoms with Gasteiger partial charge >= 0.3 is 0 Å². The number of rotatable bonds is 9. The highest BCUT2D eigenvalue weighted by Gasteiger charge is 2.45. The third-order valence-corrected chi connectivity index (χ3v) is 5.88. The molecule has 0 saturated heterocycles. The molecule has 0 heteroatoms. The highest BCUT2D eigenvalue weighted by molar-refractivity contribution is 4.95. The second-order valence-electron chi connectivity index (χ2n) is 7.09. The van der Waals surface area contributed by atoms with E-state index in [0.717, 1.165) is 35.5 Å². The Morgan fingerprint density at radius 1 is 0.833 bits per heavy atom. The van der Waals surface area contributed by atoms with Crippen molar-refractivity contribution in [2.75, 3.05) is 0 Å². The highest BCUT2D eigenvalue weighted by Crippen LogP contribution is 2.53. The zero-order valence-corrected chi connectivity index (χ0v) is 13.7. The standard InChI is InChI=1S/C18H36/c1-7-13(4)10-11-16(14(5)8-2)18-12-17(18)15(6)9-3/h13-18H,7-12H2,1-6H3. The molecule has 1 aliphatic rings. The molecule has 18 heavy (non-hydrogen) atoms. The Hall–Kier alpha value is 0. The molecular weight excluding hydrogens is 216 g/mol. The maximum Gasteiger partial charge on any atom is -0.0349 e. The summed E-state index contributed by atoms with van der Waals surface area (Å²) in [4.78, 5) is 0. The molecule has 1 fully saturated rings. The third kappa shape index (κ3) is 4.28. The van der Waals surface area contributed by atoms with Crippen LogP contribution in [0.4, 0.5) is 0 Å². The van der Waals surface area contributed by atoms with Crippen LogP contribution in [0.1, 0.15) is 80.1 Å². The number of hydrogen-bond donors (Lipinski definition) is 0. The molecule has 0 aromatic rings. The molecule has 1 aliphatic carbocycles. The molecule has 108 valence electrons. The minimum absolute atomic E-state index is 0.928. The van der Waals surface area contributed by atoms with Crippen LogP contribution in [-0.4, -0.2) is 0 Å². The predicted octanol–water partition coefficient (Wildman–Crippen LogP) is 6.16. The van der Waals surface area contributed by atoms with Gasteiger partial charge in [-0.3, -0.25) is 0 Å². The van der Waals surface area contributed by atoms with Crippen molar-refractivity contribution in [2.45, 2.75) is 80.1 Å². The van der Waals surface area contributed by atoms with Crippen LogP contribution in [0.2, 0.25) is 0 Å². The Bertz CT molecular complexity index is 220. The van der Waals surface area contributed by atoms with Gasteiger partial charge in [-0.1, -0.05) is 67.2 Å². The predicted molar refractivity (Wildman–Crippen MR) is 82.7 cm³/mol. The van der Waals surface area contributed by atoms with Gasteiger partial charge < -0.3 is 0 Å². The van der Waals surface area contributed by atoms with Crippen molar-refractivity contribution in [3.8, 4) is 0 Å². The second kappa shape index (κ2) is 7.56. The fourth-order valence-electron chi connectivity index (χ4n) is 3.59. The minimum Gasteiger partial charge on any atom is -0.0651 e. The van der Waals surface area contributed by atoms with Gasteiger partial charge in [-0.05, 0) is 48.3 Å². The lowest BCUT2D eigenvalue weighted by Gasteiger charge is -2.25. The fourth-order valence-corrected chi connectivity index (χ4v) is 3.59. The topological polar surface area (TPSA) is 0 Å². The quantitative estimate of drug-likeness (QED) is 0.461. The van der Waals surface area contributed by atoms with E-state index < -0.39 is 0 Å². The van der Waals surface area contributed by atoms with Gasteiger partial charge in [0.15, 0.2) is 0 Å². The van der Waals surface area contributed by atoms with Gasteiger partial charge in [-0.25, -0.2) is 0 Å². The van der Waals surface area contributed by atoms with Crippen molar-refractivity contribution >= 4 is 0 Å².